The number of para-hydroxylation sites is 1. The number of aliphatic imine (C=N–C) groups is 1. The van der Waals surface area contributed by atoms with E-state index in [1.165, 1.54) is 44.1 Å². The molecule has 1 unspecified atom stereocenters. The predicted octanol–water partition coefficient (Wildman–Crippen LogP) is 3.24. The van der Waals surface area contributed by atoms with Crippen LogP contribution in [0.2, 0.25) is 0 Å². The molecule has 0 amide bonds. The van der Waals surface area contributed by atoms with Gasteiger partial charge in [0.25, 0.3) is 0 Å². The lowest BCUT2D eigenvalue weighted by Crippen LogP contribution is -2.40. The van der Waals surface area contributed by atoms with Gasteiger partial charge in [-0.3, -0.25) is 0 Å². The molecule has 0 radical (unpaired) electrons. The molecule has 1 aliphatic heterocycles. The topological polar surface area (TPSA) is 59.6 Å². The Morgan fingerprint density at radius 1 is 1.18 bits per heavy atom. The number of ether oxygens (including phenoxy) is 1. The summed E-state index contributed by atoms with van der Waals surface area (Å²) in [6.45, 7) is 0.625. The van der Waals surface area contributed by atoms with Crippen LogP contribution in [0.5, 0.6) is 5.75 Å². The van der Waals surface area contributed by atoms with E-state index in [-0.39, 0.29) is 30.1 Å². The van der Waals surface area contributed by atoms with Crippen molar-refractivity contribution in [3.63, 3.8) is 0 Å². The summed E-state index contributed by atoms with van der Waals surface area (Å²) in [5.74, 6) is 1.56. The average molecular weight is 415 g/mol. The van der Waals surface area contributed by atoms with Crippen molar-refractivity contribution < 1.29 is 4.74 Å². The highest BCUT2D eigenvalue weighted by Crippen LogP contribution is 2.28. The summed E-state index contributed by atoms with van der Waals surface area (Å²) in [7, 11) is 0. The van der Waals surface area contributed by atoms with Crippen LogP contribution in [0.15, 0.2) is 29.3 Å². The second-order valence-corrected chi connectivity index (χ2v) is 6.11. The summed E-state index contributed by atoms with van der Waals surface area (Å²) in [6, 6.07) is 8.69. The molecule has 5 heteroatoms. The Labute approximate surface area is 149 Å². The van der Waals surface area contributed by atoms with Gasteiger partial charge in [-0.2, -0.15) is 0 Å². The molecule has 22 heavy (non-hydrogen) atoms. The van der Waals surface area contributed by atoms with E-state index < -0.39 is 0 Å². The summed E-state index contributed by atoms with van der Waals surface area (Å²) in [6.07, 6.45) is 8.77. The first kappa shape index (κ1) is 17.4. The Morgan fingerprint density at radius 2 is 1.91 bits per heavy atom. The van der Waals surface area contributed by atoms with Gasteiger partial charge < -0.3 is 15.8 Å². The second-order valence-electron chi connectivity index (χ2n) is 6.11. The fourth-order valence-electron chi connectivity index (χ4n) is 3.23. The van der Waals surface area contributed by atoms with Crippen LogP contribution >= 0.6 is 24.0 Å². The van der Waals surface area contributed by atoms with E-state index in [0.717, 1.165) is 12.2 Å². The minimum absolute atomic E-state index is 0. The van der Waals surface area contributed by atoms with E-state index in [9.17, 15) is 0 Å². The van der Waals surface area contributed by atoms with E-state index in [1.807, 2.05) is 12.1 Å². The summed E-state index contributed by atoms with van der Waals surface area (Å²) < 4.78 is 5.88. The lowest BCUT2D eigenvalue weighted by molar-refractivity contribution is 0.241. The van der Waals surface area contributed by atoms with Gasteiger partial charge in [0.05, 0.1) is 6.54 Å². The molecule has 0 saturated heterocycles. The molecule has 122 valence electrons. The molecule has 1 aromatic carbocycles. The molecular formula is C17H26IN3O. The molecule has 1 atom stereocenters. The summed E-state index contributed by atoms with van der Waals surface area (Å²) >= 11 is 0. The largest absolute Gasteiger partial charge is 0.488 e. The van der Waals surface area contributed by atoms with Gasteiger partial charge in [-0.1, -0.05) is 43.9 Å². The molecule has 0 bridgehead atoms. The Hall–Kier alpha value is -0.980. The number of guanidine groups is 1. The third-order valence-electron chi connectivity index (χ3n) is 4.39. The van der Waals surface area contributed by atoms with E-state index in [2.05, 4.69) is 22.4 Å². The molecule has 1 fully saturated rings. The van der Waals surface area contributed by atoms with Crippen molar-refractivity contribution in [1.82, 2.24) is 5.32 Å². The van der Waals surface area contributed by atoms with Crippen molar-refractivity contribution in [3.05, 3.63) is 29.8 Å². The molecule has 1 aromatic rings. The third kappa shape index (κ3) is 4.76. The Morgan fingerprint density at radius 3 is 2.64 bits per heavy atom. The van der Waals surface area contributed by atoms with Gasteiger partial charge >= 0.3 is 0 Å². The zero-order valence-corrected chi connectivity index (χ0v) is 15.3. The standard InChI is InChI=1S/C17H25N3O.HI/c18-17(20-14-8-3-1-2-4-9-14)19-12-15-11-13-7-5-6-10-16(13)21-15;/h5-7,10,14-15H,1-4,8-9,11-12H2,(H3,18,19,20);1H. The summed E-state index contributed by atoms with van der Waals surface area (Å²) in [5, 5.41) is 3.38. The van der Waals surface area contributed by atoms with Crippen molar-refractivity contribution in [2.45, 2.75) is 57.1 Å². The highest BCUT2D eigenvalue weighted by atomic mass is 127. The van der Waals surface area contributed by atoms with E-state index in [4.69, 9.17) is 10.5 Å². The fraction of sp³-hybridized carbons (Fsp3) is 0.588. The van der Waals surface area contributed by atoms with Gasteiger partial charge in [-0.05, 0) is 24.5 Å². The second kappa shape index (κ2) is 8.60. The Balaban J connectivity index is 0.00000176. The predicted molar refractivity (Wildman–Crippen MR) is 101 cm³/mol. The summed E-state index contributed by atoms with van der Waals surface area (Å²) in [5.41, 5.74) is 7.29. The summed E-state index contributed by atoms with van der Waals surface area (Å²) in [4.78, 5) is 4.47. The van der Waals surface area contributed by atoms with Crippen LogP contribution < -0.4 is 15.8 Å². The maximum Gasteiger partial charge on any atom is 0.188 e. The molecule has 0 spiro atoms. The van der Waals surface area contributed by atoms with Crippen molar-refractivity contribution in [1.29, 1.82) is 0 Å². The molecule has 0 aromatic heterocycles. The molecule has 4 nitrogen and oxygen atoms in total. The number of nitrogens with one attached hydrogen (secondary N) is 1. The van der Waals surface area contributed by atoms with Crippen molar-refractivity contribution in [2.24, 2.45) is 10.7 Å². The quantitative estimate of drug-likeness (QED) is 0.345. The van der Waals surface area contributed by atoms with Crippen LogP contribution in [0.3, 0.4) is 0 Å². The first-order chi connectivity index (χ1) is 10.3. The molecule has 1 saturated carbocycles. The van der Waals surface area contributed by atoms with E-state index >= 15 is 0 Å². The zero-order valence-electron chi connectivity index (χ0n) is 13.0. The van der Waals surface area contributed by atoms with E-state index in [0.29, 0.717) is 18.5 Å². The lowest BCUT2D eigenvalue weighted by Gasteiger charge is -2.17. The Bertz CT molecular complexity index is 473. The van der Waals surface area contributed by atoms with Crippen LogP contribution in [0.1, 0.15) is 44.1 Å². The zero-order chi connectivity index (χ0) is 14.5. The van der Waals surface area contributed by atoms with Gasteiger partial charge in [0, 0.05) is 12.5 Å². The van der Waals surface area contributed by atoms with Gasteiger partial charge in [0.15, 0.2) is 5.96 Å². The van der Waals surface area contributed by atoms with Crippen LogP contribution in [0.25, 0.3) is 0 Å². The molecule has 1 aliphatic carbocycles. The first-order valence-corrected chi connectivity index (χ1v) is 8.12. The SMILES string of the molecule is I.NC(=NCC1Cc2ccccc2O1)NC1CCCCCC1. The maximum absolute atomic E-state index is 6.02. The lowest BCUT2D eigenvalue weighted by atomic mass is 10.1. The number of nitrogens with zero attached hydrogens (tertiary/aromatic N) is 1. The molecule has 1 heterocycles. The van der Waals surface area contributed by atoms with Crippen LogP contribution in [-0.2, 0) is 6.42 Å². The maximum atomic E-state index is 6.02. The van der Waals surface area contributed by atoms with Crippen LogP contribution in [0.4, 0.5) is 0 Å². The third-order valence-corrected chi connectivity index (χ3v) is 4.39. The normalized spacial score (nSPS) is 22.2. The monoisotopic (exact) mass is 415 g/mol. The van der Waals surface area contributed by atoms with Gasteiger partial charge in [-0.25, -0.2) is 4.99 Å². The van der Waals surface area contributed by atoms with E-state index in [1.54, 1.807) is 0 Å². The number of fused-ring (bicyclic) bond motifs is 1. The fourth-order valence-corrected chi connectivity index (χ4v) is 3.23. The number of nitrogens with two attached hydrogens (primary N) is 1. The number of benzene rings is 1. The first-order valence-electron chi connectivity index (χ1n) is 8.12. The number of halogens is 1. The van der Waals surface area contributed by atoms with Crippen molar-refractivity contribution >= 4 is 29.9 Å². The smallest absolute Gasteiger partial charge is 0.188 e. The molecular weight excluding hydrogens is 389 g/mol. The highest BCUT2D eigenvalue weighted by molar-refractivity contribution is 14.0. The van der Waals surface area contributed by atoms with Crippen molar-refractivity contribution in [3.8, 4) is 5.75 Å². The van der Waals surface area contributed by atoms with Gasteiger partial charge in [0.2, 0.25) is 0 Å². The number of hydrogen-bond donors (Lipinski definition) is 2. The van der Waals surface area contributed by atoms with Gasteiger partial charge in [0.1, 0.15) is 11.9 Å². The molecule has 3 N–H and O–H groups in total. The molecule has 2 aliphatic rings. The van der Waals surface area contributed by atoms with Crippen LogP contribution in [0, 0.1) is 0 Å². The number of hydrogen-bond acceptors (Lipinski definition) is 2. The minimum atomic E-state index is 0. The number of rotatable bonds is 3. The van der Waals surface area contributed by atoms with Gasteiger partial charge in [-0.15, -0.1) is 24.0 Å². The molecule has 3 rings (SSSR count). The Kier molecular flexibility index (Phi) is 6.79. The minimum Gasteiger partial charge on any atom is -0.488 e. The highest BCUT2D eigenvalue weighted by Gasteiger charge is 2.22. The van der Waals surface area contributed by atoms with Crippen molar-refractivity contribution in [2.75, 3.05) is 6.54 Å². The van der Waals surface area contributed by atoms with Crippen LogP contribution in [-0.4, -0.2) is 24.7 Å². The average Bonchev–Trinajstić information content (AvgIpc) is 2.74.